The molecule has 0 radical (unpaired) electrons. The number of nitrogens with one attached hydrogen (secondary N) is 1. The Morgan fingerprint density at radius 3 is 1.82 bits per heavy atom. The van der Waals surface area contributed by atoms with Gasteiger partial charge in [0.15, 0.2) is 0 Å². The first-order valence-corrected chi connectivity index (χ1v) is 2.74. The summed E-state index contributed by atoms with van der Waals surface area (Å²) in [5, 5.41) is 9.35. The molecule has 2 N–H and O–H groups in total. The van der Waals surface area contributed by atoms with Crippen molar-refractivity contribution in [2.75, 3.05) is 0 Å². The molecule has 0 aliphatic carbocycles. The number of alkyl halides is 3. The van der Waals surface area contributed by atoms with Crippen LogP contribution in [0.25, 0.3) is 0 Å². The Morgan fingerprint density at radius 2 is 1.73 bits per heavy atom. The van der Waals surface area contributed by atoms with Crippen LogP contribution in [0.2, 0.25) is 0 Å². The highest BCUT2D eigenvalue weighted by Crippen LogP contribution is 2.29. The normalized spacial score (nSPS) is 12.8. The van der Waals surface area contributed by atoms with Gasteiger partial charge >= 0.3 is 12.3 Å². The molecule has 11 heavy (non-hydrogen) atoms. The maximum atomic E-state index is 11.9. The molecule has 6 heteroatoms. The summed E-state index contributed by atoms with van der Waals surface area (Å²) in [6.07, 6.45) is -6.25. The van der Waals surface area contributed by atoms with Gasteiger partial charge in [0, 0.05) is 0 Å². The van der Waals surface area contributed by atoms with Crippen molar-refractivity contribution < 1.29 is 23.1 Å². The second-order valence-corrected chi connectivity index (χ2v) is 2.55. The molecule has 0 heterocycles. The molecular formula is C5H8F3NO2. The highest BCUT2D eigenvalue weighted by molar-refractivity contribution is 5.65. The van der Waals surface area contributed by atoms with Crippen LogP contribution in [0.15, 0.2) is 0 Å². The van der Waals surface area contributed by atoms with Crippen molar-refractivity contribution in [1.29, 1.82) is 0 Å². The minimum absolute atomic E-state index is 0.751. The highest BCUT2D eigenvalue weighted by atomic mass is 19.4. The lowest BCUT2D eigenvalue weighted by Gasteiger charge is -2.27. The molecule has 0 saturated carbocycles. The van der Waals surface area contributed by atoms with E-state index >= 15 is 0 Å². The van der Waals surface area contributed by atoms with Crippen molar-refractivity contribution in [3.63, 3.8) is 0 Å². The summed E-state index contributed by atoms with van der Waals surface area (Å²) in [7, 11) is 0. The lowest BCUT2D eigenvalue weighted by molar-refractivity contribution is -0.183. The van der Waals surface area contributed by atoms with Gasteiger partial charge in [-0.25, -0.2) is 4.79 Å². The molecule has 0 aliphatic heterocycles. The molecule has 0 aromatic rings. The Bertz CT molecular complexity index is 164. The monoisotopic (exact) mass is 171 g/mol. The Kier molecular flexibility index (Phi) is 2.37. The molecule has 0 rings (SSSR count). The number of carbonyl (C=O) groups is 1. The van der Waals surface area contributed by atoms with Crippen LogP contribution in [-0.4, -0.2) is 22.9 Å². The van der Waals surface area contributed by atoms with E-state index < -0.39 is 17.8 Å². The molecule has 0 atom stereocenters. The molecule has 0 unspecified atom stereocenters. The Morgan fingerprint density at radius 1 is 1.36 bits per heavy atom. The number of carboxylic acid groups (broad SMARTS) is 1. The van der Waals surface area contributed by atoms with E-state index in [1.807, 2.05) is 0 Å². The number of rotatable bonds is 1. The van der Waals surface area contributed by atoms with E-state index in [1.165, 1.54) is 5.32 Å². The van der Waals surface area contributed by atoms with Crippen LogP contribution >= 0.6 is 0 Å². The highest BCUT2D eigenvalue weighted by Gasteiger charge is 2.48. The summed E-state index contributed by atoms with van der Waals surface area (Å²) >= 11 is 0. The summed E-state index contributed by atoms with van der Waals surface area (Å²) in [6, 6.07) is 0. The molecule has 0 bridgehead atoms. The van der Waals surface area contributed by atoms with Crippen molar-refractivity contribution in [3.05, 3.63) is 0 Å². The first-order chi connectivity index (χ1) is 4.67. The Labute approximate surface area is 61.2 Å². The summed E-state index contributed by atoms with van der Waals surface area (Å²) < 4.78 is 35.6. The standard InChI is InChI=1S/C5H8F3NO2/c1-4(2,5(6,7)8)9-3(10)11/h9H,1-2H3,(H,10,11). The number of hydrogen-bond acceptors (Lipinski definition) is 1. The Hall–Kier alpha value is -0.940. The van der Waals surface area contributed by atoms with Gasteiger partial charge in [0.1, 0.15) is 5.54 Å². The van der Waals surface area contributed by atoms with Gasteiger partial charge in [-0.2, -0.15) is 13.2 Å². The van der Waals surface area contributed by atoms with E-state index in [-0.39, 0.29) is 0 Å². The van der Waals surface area contributed by atoms with Crippen molar-refractivity contribution in [2.45, 2.75) is 25.6 Å². The van der Waals surface area contributed by atoms with E-state index in [2.05, 4.69) is 0 Å². The van der Waals surface area contributed by atoms with Crippen molar-refractivity contribution >= 4 is 6.09 Å². The van der Waals surface area contributed by atoms with Gasteiger partial charge in [-0.05, 0) is 13.8 Å². The average Bonchev–Trinajstić information content (AvgIpc) is 1.56. The van der Waals surface area contributed by atoms with E-state index in [0.29, 0.717) is 0 Å². The van der Waals surface area contributed by atoms with Crippen molar-refractivity contribution in [3.8, 4) is 0 Å². The number of halogens is 3. The van der Waals surface area contributed by atoms with Crippen LogP contribution in [0.3, 0.4) is 0 Å². The van der Waals surface area contributed by atoms with Crippen LogP contribution in [0.5, 0.6) is 0 Å². The summed E-state index contributed by atoms with van der Waals surface area (Å²) in [6.45, 7) is 1.50. The minimum atomic E-state index is -4.56. The minimum Gasteiger partial charge on any atom is -0.465 e. The third kappa shape index (κ3) is 2.65. The molecule has 1 amide bonds. The van der Waals surface area contributed by atoms with E-state index in [0.717, 1.165) is 13.8 Å². The van der Waals surface area contributed by atoms with Crippen LogP contribution in [-0.2, 0) is 0 Å². The fourth-order valence-corrected chi connectivity index (χ4v) is 0.338. The first kappa shape index (κ1) is 10.1. The van der Waals surface area contributed by atoms with Crippen LogP contribution in [0.1, 0.15) is 13.8 Å². The number of hydrogen-bond donors (Lipinski definition) is 2. The fraction of sp³-hybridized carbons (Fsp3) is 0.800. The SMILES string of the molecule is CC(C)(NC(=O)O)C(F)(F)F. The van der Waals surface area contributed by atoms with Crippen molar-refractivity contribution in [2.24, 2.45) is 0 Å². The van der Waals surface area contributed by atoms with E-state index in [1.54, 1.807) is 0 Å². The maximum absolute atomic E-state index is 11.9. The molecule has 3 nitrogen and oxygen atoms in total. The van der Waals surface area contributed by atoms with Crippen LogP contribution < -0.4 is 5.32 Å². The van der Waals surface area contributed by atoms with Gasteiger partial charge in [0.05, 0.1) is 0 Å². The molecule has 66 valence electrons. The zero-order valence-corrected chi connectivity index (χ0v) is 5.99. The Balaban J connectivity index is 4.34. The summed E-state index contributed by atoms with van der Waals surface area (Å²) in [5.74, 6) is 0. The predicted octanol–water partition coefficient (Wildman–Crippen LogP) is 1.59. The first-order valence-electron chi connectivity index (χ1n) is 2.74. The third-order valence-electron chi connectivity index (χ3n) is 1.13. The molecular weight excluding hydrogens is 163 g/mol. The second-order valence-electron chi connectivity index (χ2n) is 2.55. The smallest absolute Gasteiger partial charge is 0.411 e. The molecule has 0 aromatic heterocycles. The second kappa shape index (κ2) is 2.60. The van der Waals surface area contributed by atoms with Gasteiger partial charge in [0.25, 0.3) is 0 Å². The predicted molar refractivity (Wildman–Crippen MR) is 31.3 cm³/mol. The van der Waals surface area contributed by atoms with E-state index in [9.17, 15) is 18.0 Å². The molecule has 0 saturated heterocycles. The molecule has 0 aliphatic rings. The van der Waals surface area contributed by atoms with Gasteiger partial charge in [0.2, 0.25) is 0 Å². The summed E-state index contributed by atoms with van der Waals surface area (Å²) in [4.78, 5) is 9.85. The van der Waals surface area contributed by atoms with Gasteiger partial charge in [-0.1, -0.05) is 0 Å². The van der Waals surface area contributed by atoms with Gasteiger partial charge in [-0.15, -0.1) is 0 Å². The van der Waals surface area contributed by atoms with Gasteiger partial charge in [-0.3, -0.25) is 0 Å². The quantitative estimate of drug-likeness (QED) is 0.629. The maximum Gasteiger partial charge on any atom is 0.411 e. The molecule has 0 spiro atoms. The lowest BCUT2D eigenvalue weighted by atomic mass is 10.1. The third-order valence-corrected chi connectivity index (χ3v) is 1.13. The van der Waals surface area contributed by atoms with Crippen LogP contribution in [0, 0.1) is 0 Å². The largest absolute Gasteiger partial charge is 0.465 e. The average molecular weight is 171 g/mol. The topological polar surface area (TPSA) is 49.3 Å². The zero-order chi connectivity index (χ0) is 9.28. The fourth-order valence-electron chi connectivity index (χ4n) is 0.338. The van der Waals surface area contributed by atoms with Crippen LogP contribution in [0.4, 0.5) is 18.0 Å². The number of amides is 1. The van der Waals surface area contributed by atoms with E-state index in [4.69, 9.17) is 5.11 Å². The molecule has 0 aromatic carbocycles. The zero-order valence-electron chi connectivity index (χ0n) is 5.99. The molecule has 0 fully saturated rings. The summed E-state index contributed by atoms with van der Waals surface area (Å²) in [5.41, 5.74) is -2.39. The lowest BCUT2D eigenvalue weighted by Crippen LogP contribution is -2.53. The van der Waals surface area contributed by atoms with Crippen molar-refractivity contribution in [1.82, 2.24) is 5.32 Å². The van der Waals surface area contributed by atoms with Gasteiger partial charge < -0.3 is 10.4 Å².